The Balaban J connectivity index is 1.92. The smallest absolute Gasteiger partial charge is 0.294 e. The molecule has 0 atom stereocenters. The number of hydrogen-bond donors (Lipinski definition) is 1. The molecule has 8 nitrogen and oxygen atoms in total. The Morgan fingerprint density at radius 3 is 2.65 bits per heavy atom. The number of thiophene rings is 1. The second-order valence-electron chi connectivity index (χ2n) is 4.87. The summed E-state index contributed by atoms with van der Waals surface area (Å²) >= 11 is 14.1. The number of rotatable bonds is 5. The van der Waals surface area contributed by atoms with E-state index in [0.29, 0.717) is 14.9 Å². The van der Waals surface area contributed by atoms with Gasteiger partial charge in [-0.15, -0.1) is 11.3 Å². The monoisotopic (exact) mass is 429 g/mol. The van der Waals surface area contributed by atoms with Crippen molar-refractivity contribution in [2.24, 2.45) is 7.05 Å². The standard InChI is InChI=1S/C14H9Cl2N5O3S2/c1-20-11(2-3-18-20)19-13(22)10-4-9(21(23)24)14(25-10)26-12-7(15)5-17-6-8(12)16/h2-6H,1H3,(H,19,22). The number of nitro groups is 1. The number of aromatic nitrogens is 3. The van der Waals surface area contributed by atoms with Crippen molar-refractivity contribution in [3.63, 3.8) is 0 Å². The quantitative estimate of drug-likeness (QED) is 0.473. The summed E-state index contributed by atoms with van der Waals surface area (Å²) in [6.45, 7) is 0. The fourth-order valence-electron chi connectivity index (χ4n) is 1.94. The fourth-order valence-corrected chi connectivity index (χ4v) is 4.70. The number of nitrogens with one attached hydrogen (secondary N) is 1. The van der Waals surface area contributed by atoms with E-state index in [4.69, 9.17) is 23.2 Å². The van der Waals surface area contributed by atoms with E-state index in [0.717, 1.165) is 23.1 Å². The maximum atomic E-state index is 12.4. The number of halogens is 2. The van der Waals surface area contributed by atoms with Gasteiger partial charge in [0.2, 0.25) is 0 Å². The van der Waals surface area contributed by atoms with Gasteiger partial charge in [-0.05, 0) is 0 Å². The third kappa shape index (κ3) is 3.83. The molecule has 0 radical (unpaired) electrons. The van der Waals surface area contributed by atoms with E-state index >= 15 is 0 Å². The first-order valence-corrected chi connectivity index (χ1v) is 9.30. The number of carbonyl (C=O) groups is 1. The van der Waals surface area contributed by atoms with Gasteiger partial charge in [0.15, 0.2) is 0 Å². The van der Waals surface area contributed by atoms with Crippen LogP contribution in [0.1, 0.15) is 9.67 Å². The Morgan fingerprint density at radius 2 is 2.08 bits per heavy atom. The highest BCUT2D eigenvalue weighted by atomic mass is 35.5. The van der Waals surface area contributed by atoms with E-state index in [-0.39, 0.29) is 20.6 Å². The maximum absolute atomic E-state index is 12.4. The second kappa shape index (κ2) is 7.62. The first kappa shape index (κ1) is 18.6. The highest BCUT2D eigenvalue weighted by Crippen LogP contribution is 2.45. The van der Waals surface area contributed by atoms with Crippen molar-refractivity contribution >= 4 is 63.7 Å². The first-order chi connectivity index (χ1) is 12.4. The predicted octanol–water partition coefficient (Wildman–Crippen LogP) is 4.50. The molecule has 0 aromatic carbocycles. The normalized spacial score (nSPS) is 10.7. The van der Waals surface area contributed by atoms with Crippen LogP contribution in [0.25, 0.3) is 0 Å². The summed E-state index contributed by atoms with van der Waals surface area (Å²) in [5.41, 5.74) is -0.195. The molecule has 3 aromatic heterocycles. The number of anilines is 1. The molecule has 3 aromatic rings. The lowest BCUT2D eigenvalue weighted by molar-refractivity contribution is -0.387. The number of carbonyl (C=O) groups excluding carboxylic acids is 1. The lowest BCUT2D eigenvalue weighted by Crippen LogP contribution is -2.13. The van der Waals surface area contributed by atoms with E-state index in [1.165, 1.54) is 29.3 Å². The number of pyridine rings is 1. The fraction of sp³-hybridized carbons (Fsp3) is 0.0714. The van der Waals surface area contributed by atoms with Crippen LogP contribution in [0, 0.1) is 10.1 Å². The molecular weight excluding hydrogens is 421 g/mol. The molecule has 3 heterocycles. The molecule has 0 aliphatic carbocycles. The van der Waals surface area contributed by atoms with Gasteiger partial charge in [-0.2, -0.15) is 5.10 Å². The first-order valence-electron chi connectivity index (χ1n) is 6.91. The van der Waals surface area contributed by atoms with Gasteiger partial charge in [0, 0.05) is 31.6 Å². The molecule has 0 bridgehead atoms. The van der Waals surface area contributed by atoms with E-state index in [9.17, 15) is 14.9 Å². The average molecular weight is 430 g/mol. The molecular formula is C14H9Cl2N5O3S2. The van der Waals surface area contributed by atoms with Gasteiger partial charge < -0.3 is 5.32 Å². The van der Waals surface area contributed by atoms with Crippen molar-refractivity contribution in [1.29, 1.82) is 0 Å². The van der Waals surface area contributed by atoms with Crippen LogP contribution in [0.2, 0.25) is 10.0 Å². The number of aryl methyl sites for hydroxylation is 1. The minimum atomic E-state index is -0.553. The third-order valence-electron chi connectivity index (χ3n) is 3.17. The van der Waals surface area contributed by atoms with Crippen molar-refractivity contribution in [2.75, 3.05) is 5.32 Å². The molecule has 134 valence electrons. The minimum Gasteiger partial charge on any atom is -0.306 e. The van der Waals surface area contributed by atoms with Crippen molar-refractivity contribution in [1.82, 2.24) is 14.8 Å². The van der Waals surface area contributed by atoms with Crippen LogP contribution >= 0.6 is 46.3 Å². The van der Waals surface area contributed by atoms with Crippen LogP contribution in [0.4, 0.5) is 11.5 Å². The molecule has 0 unspecified atom stereocenters. The van der Waals surface area contributed by atoms with Gasteiger partial charge in [-0.3, -0.25) is 24.6 Å². The Hall–Kier alpha value is -2.14. The Morgan fingerprint density at radius 1 is 1.38 bits per heavy atom. The van der Waals surface area contributed by atoms with Crippen LogP contribution < -0.4 is 5.32 Å². The highest BCUT2D eigenvalue weighted by Gasteiger charge is 2.25. The predicted molar refractivity (Wildman–Crippen MR) is 101 cm³/mol. The summed E-state index contributed by atoms with van der Waals surface area (Å²) in [7, 11) is 1.67. The van der Waals surface area contributed by atoms with Crippen LogP contribution in [0.15, 0.2) is 39.8 Å². The Kier molecular flexibility index (Phi) is 5.47. The largest absolute Gasteiger partial charge is 0.306 e. The van der Waals surface area contributed by atoms with Gasteiger partial charge in [0.05, 0.1) is 26.1 Å². The molecule has 0 aliphatic heterocycles. The number of amides is 1. The van der Waals surface area contributed by atoms with Crippen LogP contribution in [-0.4, -0.2) is 25.6 Å². The molecule has 0 saturated heterocycles. The van der Waals surface area contributed by atoms with Crippen molar-refractivity contribution in [3.8, 4) is 0 Å². The second-order valence-corrected chi connectivity index (χ2v) is 8.01. The van der Waals surface area contributed by atoms with Crippen LogP contribution in [0.3, 0.4) is 0 Å². The Labute approximate surface area is 165 Å². The molecule has 26 heavy (non-hydrogen) atoms. The van der Waals surface area contributed by atoms with Crippen molar-refractivity contribution in [2.45, 2.75) is 9.10 Å². The zero-order valence-electron chi connectivity index (χ0n) is 13.0. The van der Waals surface area contributed by atoms with Gasteiger partial charge in [-0.1, -0.05) is 35.0 Å². The lowest BCUT2D eigenvalue weighted by Gasteiger charge is -2.04. The van der Waals surface area contributed by atoms with Gasteiger partial charge in [-0.25, -0.2) is 0 Å². The Bertz CT molecular complexity index is 984. The SMILES string of the molecule is Cn1nccc1NC(=O)c1cc([N+](=O)[O-])c(Sc2c(Cl)cncc2Cl)s1. The molecule has 0 spiro atoms. The molecule has 1 amide bonds. The van der Waals surface area contributed by atoms with Crippen molar-refractivity contribution in [3.05, 3.63) is 55.8 Å². The van der Waals surface area contributed by atoms with Crippen molar-refractivity contribution < 1.29 is 9.72 Å². The summed E-state index contributed by atoms with van der Waals surface area (Å²) in [5.74, 6) is 0.000881. The molecule has 0 saturated carbocycles. The number of hydrogen-bond acceptors (Lipinski definition) is 7. The van der Waals surface area contributed by atoms with Gasteiger partial charge in [0.1, 0.15) is 14.9 Å². The summed E-state index contributed by atoms with van der Waals surface area (Å²) in [6, 6.07) is 2.84. The van der Waals surface area contributed by atoms with E-state index in [2.05, 4.69) is 15.4 Å². The maximum Gasteiger partial charge on any atom is 0.294 e. The minimum absolute atomic E-state index is 0.182. The van der Waals surface area contributed by atoms with E-state index in [1.807, 2.05) is 0 Å². The number of nitrogens with zero attached hydrogens (tertiary/aromatic N) is 4. The van der Waals surface area contributed by atoms with E-state index in [1.54, 1.807) is 13.1 Å². The molecule has 0 aliphatic rings. The van der Waals surface area contributed by atoms with E-state index < -0.39 is 10.8 Å². The molecule has 12 heteroatoms. The van der Waals surface area contributed by atoms with Gasteiger partial charge >= 0.3 is 0 Å². The zero-order valence-corrected chi connectivity index (χ0v) is 16.1. The highest BCUT2D eigenvalue weighted by molar-refractivity contribution is 8.01. The summed E-state index contributed by atoms with van der Waals surface area (Å²) < 4.78 is 1.77. The summed E-state index contributed by atoms with van der Waals surface area (Å²) in [5, 5.41) is 18.5. The summed E-state index contributed by atoms with van der Waals surface area (Å²) in [6.07, 6.45) is 4.32. The lowest BCUT2D eigenvalue weighted by atomic mass is 10.4. The average Bonchev–Trinajstić information content (AvgIpc) is 3.18. The molecule has 0 fully saturated rings. The molecule has 3 rings (SSSR count). The van der Waals surface area contributed by atoms with Crippen LogP contribution in [0.5, 0.6) is 0 Å². The summed E-state index contributed by atoms with van der Waals surface area (Å²) in [4.78, 5) is 27.7. The third-order valence-corrected chi connectivity index (χ3v) is 6.42. The van der Waals surface area contributed by atoms with Crippen LogP contribution in [-0.2, 0) is 7.05 Å². The van der Waals surface area contributed by atoms with Gasteiger partial charge in [0.25, 0.3) is 11.6 Å². The molecule has 1 N–H and O–H groups in total. The zero-order chi connectivity index (χ0) is 18.8. The topological polar surface area (TPSA) is 103 Å².